The van der Waals surface area contributed by atoms with Crippen LogP contribution in [0.3, 0.4) is 0 Å². The van der Waals surface area contributed by atoms with Gasteiger partial charge in [-0.15, -0.1) is 11.8 Å². The van der Waals surface area contributed by atoms with Crippen molar-refractivity contribution in [3.05, 3.63) is 42.0 Å². The molecule has 0 aromatic heterocycles. The summed E-state index contributed by atoms with van der Waals surface area (Å²) in [5.74, 6) is -0.645. The zero-order valence-corrected chi connectivity index (χ0v) is 12.1. The van der Waals surface area contributed by atoms with E-state index in [4.69, 9.17) is 5.73 Å². The van der Waals surface area contributed by atoms with Gasteiger partial charge in [-0.1, -0.05) is 42.5 Å². The van der Waals surface area contributed by atoms with Gasteiger partial charge in [0.25, 0.3) is 0 Å². The molecule has 2 unspecified atom stereocenters. The number of thioether (sulfide) groups is 1. The highest BCUT2D eigenvalue weighted by molar-refractivity contribution is 8.00. The quantitative estimate of drug-likeness (QED) is 0.814. The van der Waals surface area contributed by atoms with E-state index in [1.54, 1.807) is 17.1 Å². The van der Waals surface area contributed by atoms with E-state index in [2.05, 4.69) is 0 Å². The van der Waals surface area contributed by atoms with Crippen LogP contribution in [0.4, 0.5) is 0 Å². The van der Waals surface area contributed by atoms with Crippen molar-refractivity contribution in [3.63, 3.8) is 0 Å². The Kier molecular flexibility index (Phi) is 3.51. The SMILES string of the molecule is NC1C(=O)N2CC(C=Cc3ccccc3)(C(=O)O)CS[C@H]12. The molecule has 2 aliphatic heterocycles. The maximum absolute atomic E-state index is 11.8. The summed E-state index contributed by atoms with van der Waals surface area (Å²) in [7, 11) is 0. The normalized spacial score (nSPS) is 31.9. The first kappa shape index (κ1) is 14.2. The van der Waals surface area contributed by atoms with Gasteiger partial charge in [0, 0.05) is 12.3 Å². The fourth-order valence-corrected chi connectivity index (χ4v) is 4.08. The molecular weight excluding hydrogens is 288 g/mol. The van der Waals surface area contributed by atoms with Crippen LogP contribution in [-0.4, -0.2) is 45.6 Å². The maximum Gasteiger partial charge on any atom is 0.316 e. The van der Waals surface area contributed by atoms with Crippen LogP contribution in [0.1, 0.15) is 5.56 Å². The second-order valence-corrected chi connectivity index (χ2v) is 6.50. The topological polar surface area (TPSA) is 83.6 Å². The lowest BCUT2D eigenvalue weighted by Gasteiger charge is -2.52. The van der Waals surface area contributed by atoms with E-state index >= 15 is 0 Å². The molecule has 5 nitrogen and oxygen atoms in total. The molecule has 1 aromatic rings. The Hall–Kier alpha value is -1.79. The smallest absolute Gasteiger partial charge is 0.316 e. The molecule has 0 radical (unpaired) electrons. The van der Waals surface area contributed by atoms with Gasteiger partial charge in [-0.05, 0) is 5.56 Å². The number of carbonyl (C=O) groups excluding carboxylic acids is 1. The molecule has 3 N–H and O–H groups in total. The van der Waals surface area contributed by atoms with E-state index in [-0.39, 0.29) is 17.8 Å². The minimum Gasteiger partial charge on any atom is -0.481 e. The fraction of sp³-hybridized carbons (Fsp3) is 0.333. The number of aliphatic carboxylic acids is 1. The summed E-state index contributed by atoms with van der Waals surface area (Å²) in [6.07, 6.45) is 3.50. The lowest BCUT2D eigenvalue weighted by Crippen LogP contribution is -2.71. The molecule has 1 amide bonds. The summed E-state index contributed by atoms with van der Waals surface area (Å²) in [4.78, 5) is 25.1. The lowest BCUT2D eigenvalue weighted by atomic mass is 9.86. The number of carboxylic acid groups (broad SMARTS) is 1. The van der Waals surface area contributed by atoms with E-state index in [1.807, 2.05) is 30.3 Å². The molecule has 0 bridgehead atoms. The molecule has 2 saturated heterocycles. The van der Waals surface area contributed by atoms with Crippen LogP contribution in [0.2, 0.25) is 0 Å². The molecule has 0 aliphatic carbocycles. The van der Waals surface area contributed by atoms with Crippen molar-refractivity contribution >= 4 is 29.7 Å². The van der Waals surface area contributed by atoms with Crippen LogP contribution in [0.25, 0.3) is 6.08 Å². The number of β-lactam (4-membered cyclic amide) rings is 1. The Bertz CT molecular complexity index is 604. The van der Waals surface area contributed by atoms with Crippen LogP contribution in [0.15, 0.2) is 36.4 Å². The Labute approximate surface area is 126 Å². The van der Waals surface area contributed by atoms with E-state index in [0.29, 0.717) is 5.75 Å². The molecular formula is C15H16N2O3S. The van der Waals surface area contributed by atoms with Crippen molar-refractivity contribution in [3.8, 4) is 0 Å². The summed E-state index contributed by atoms with van der Waals surface area (Å²) in [6.45, 7) is 0.190. The van der Waals surface area contributed by atoms with Gasteiger partial charge in [0.1, 0.15) is 16.8 Å². The number of hydrogen-bond acceptors (Lipinski definition) is 4. The average molecular weight is 304 g/mol. The van der Waals surface area contributed by atoms with Crippen molar-refractivity contribution in [1.82, 2.24) is 4.90 Å². The molecule has 1 aromatic carbocycles. The number of hydrogen-bond donors (Lipinski definition) is 2. The van der Waals surface area contributed by atoms with Crippen molar-refractivity contribution in [2.75, 3.05) is 12.3 Å². The molecule has 0 saturated carbocycles. The largest absolute Gasteiger partial charge is 0.481 e. The highest BCUT2D eigenvalue weighted by atomic mass is 32.2. The minimum absolute atomic E-state index is 0.0740. The Morgan fingerprint density at radius 3 is 2.81 bits per heavy atom. The van der Waals surface area contributed by atoms with Crippen LogP contribution < -0.4 is 5.73 Å². The molecule has 2 aliphatic rings. The van der Waals surface area contributed by atoms with Crippen LogP contribution in [0.5, 0.6) is 0 Å². The third kappa shape index (κ3) is 2.34. The van der Waals surface area contributed by atoms with Crippen molar-refractivity contribution < 1.29 is 14.7 Å². The van der Waals surface area contributed by atoms with Crippen LogP contribution >= 0.6 is 11.8 Å². The predicted octanol–water partition coefficient (Wildman–Crippen LogP) is 1.01. The van der Waals surface area contributed by atoms with Crippen LogP contribution in [-0.2, 0) is 9.59 Å². The number of benzene rings is 1. The van der Waals surface area contributed by atoms with E-state index in [0.717, 1.165) is 5.56 Å². The molecule has 110 valence electrons. The Morgan fingerprint density at radius 2 is 2.14 bits per heavy atom. The second kappa shape index (κ2) is 5.20. The molecule has 3 atom stereocenters. The number of amides is 1. The zero-order valence-electron chi connectivity index (χ0n) is 11.3. The first-order chi connectivity index (χ1) is 10.0. The standard InChI is InChI=1S/C15H16N2O3S/c16-11-12(18)17-8-15(14(19)20,9-21-13(11)17)7-6-10-4-2-1-3-5-10/h1-7,11,13H,8-9,16H2,(H,19,20)/t11?,13-,15?/m1/s1. The second-order valence-electron chi connectivity index (χ2n) is 5.40. The van der Waals surface area contributed by atoms with Crippen molar-refractivity contribution in [1.29, 1.82) is 0 Å². The van der Waals surface area contributed by atoms with Gasteiger partial charge in [0.05, 0.1) is 0 Å². The van der Waals surface area contributed by atoms with Gasteiger partial charge in [0.15, 0.2) is 0 Å². The average Bonchev–Trinajstić information content (AvgIpc) is 2.52. The van der Waals surface area contributed by atoms with Gasteiger partial charge in [-0.2, -0.15) is 0 Å². The van der Waals surface area contributed by atoms with Gasteiger partial charge < -0.3 is 15.7 Å². The first-order valence-corrected chi connectivity index (χ1v) is 7.74. The summed E-state index contributed by atoms with van der Waals surface area (Å²) >= 11 is 1.44. The number of fused-ring (bicyclic) bond motifs is 1. The summed E-state index contributed by atoms with van der Waals surface area (Å²) < 4.78 is 0. The van der Waals surface area contributed by atoms with Gasteiger partial charge in [-0.3, -0.25) is 9.59 Å². The predicted molar refractivity (Wildman–Crippen MR) is 81.5 cm³/mol. The number of rotatable bonds is 3. The minimum atomic E-state index is -1.05. The van der Waals surface area contributed by atoms with Crippen molar-refractivity contribution in [2.24, 2.45) is 11.1 Å². The molecule has 2 fully saturated rings. The summed E-state index contributed by atoms with van der Waals surface area (Å²) in [5.41, 5.74) is 5.62. The molecule has 2 heterocycles. The van der Waals surface area contributed by atoms with Gasteiger partial charge in [0.2, 0.25) is 5.91 Å². The third-order valence-electron chi connectivity index (χ3n) is 3.97. The number of nitrogens with two attached hydrogens (primary N) is 1. The van der Waals surface area contributed by atoms with Gasteiger partial charge in [-0.25, -0.2) is 0 Å². The van der Waals surface area contributed by atoms with Crippen LogP contribution in [0, 0.1) is 5.41 Å². The Morgan fingerprint density at radius 1 is 1.43 bits per heavy atom. The third-order valence-corrected chi connectivity index (χ3v) is 5.54. The number of carbonyl (C=O) groups is 2. The molecule has 6 heteroatoms. The van der Waals surface area contributed by atoms with E-state index < -0.39 is 17.4 Å². The monoisotopic (exact) mass is 304 g/mol. The lowest BCUT2D eigenvalue weighted by molar-refractivity contribution is -0.153. The number of nitrogens with zero attached hydrogens (tertiary/aromatic N) is 1. The summed E-state index contributed by atoms with van der Waals surface area (Å²) in [5, 5.41) is 9.54. The molecule has 21 heavy (non-hydrogen) atoms. The highest BCUT2D eigenvalue weighted by Gasteiger charge is 2.54. The highest BCUT2D eigenvalue weighted by Crippen LogP contribution is 2.42. The molecule has 0 spiro atoms. The van der Waals surface area contributed by atoms with Gasteiger partial charge >= 0.3 is 5.97 Å². The van der Waals surface area contributed by atoms with E-state index in [1.165, 1.54) is 11.8 Å². The Balaban J connectivity index is 1.83. The number of carboxylic acids is 1. The maximum atomic E-state index is 11.8. The fourth-order valence-electron chi connectivity index (χ4n) is 2.62. The first-order valence-electron chi connectivity index (χ1n) is 6.69. The molecule has 3 rings (SSSR count). The van der Waals surface area contributed by atoms with E-state index in [9.17, 15) is 14.7 Å². The zero-order chi connectivity index (χ0) is 15.0. The summed E-state index contributed by atoms with van der Waals surface area (Å²) in [6, 6.07) is 9.05. The van der Waals surface area contributed by atoms with Crippen molar-refractivity contribution in [2.45, 2.75) is 11.4 Å².